The smallest absolute Gasteiger partial charge is 0.354 e. The van der Waals surface area contributed by atoms with E-state index in [1.807, 2.05) is 4.90 Å². The molecule has 0 bridgehead atoms. The standard InChI is InChI=1S/C10H9BrClF3N2/c11-7-1-2-17(5-7)9-8(12)3-6(4-16-9)10(13,14)15/h3-4,7H,1-2,5H2. The molecule has 1 aromatic rings. The van der Waals surface area contributed by atoms with Crippen molar-refractivity contribution in [3.63, 3.8) is 0 Å². The highest BCUT2D eigenvalue weighted by Crippen LogP contribution is 2.34. The predicted molar refractivity (Wildman–Crippen MR) is 63.8 cm³/mol. The average Bonchev–Trinajstić information content (AvgIpc) is 2.63. The van der Waals surface area contributed by atoms with E-state index in [0.717, 1.165) is 25.2 Å². The number of nitrogens with zero attached hydrogens (tertiary/aromatic N) is 2. The summed E-state index contributed by atoms with van der Waals surface area (Å²) < 4.78 is 37.3. The summed E-state index contributed by atoms with van der Waals surface area (Å²) >= 11 is 9.30. The van der Waals surface area contributed by atoms with Crippen molar-refractivity contribution >= 4 is 33.3 Å². The molecular weight excluding hydrogens is 320 g/mol. The predicted octanol–water partition coefficient (Wildman–Crippen LogP) is 3.73. The Balaban J connectivity index is 2.26. The van der Waals surface area contributed by atoms with Gasteiger partial charge in [-0.1, -0.05) is 27.5 Å². The van der Waals surface area contributed by atoms with E-state index in [1.54, 1.807) is 0 Å². The SMILES string of the molecule is FC(F)(F)c1cnc(N2CCC(Br)C2)c(Cl)c1. The monoisotopic (exact) mass is 328 g/mol. The molecular formula is C10H9BrClF3N2. The minimum absolute atomic E-state index is 0.0430. The molecule has 1 unspecified atom stereocenters. The van der Waals surface area contributed by atoms with Crippen LogP contribution in [0.4, 0.5) is 19.0 Å². The summed E-state index contributed by atoms with van der Waals surface area (Å²) in [6, 6.07) is 0.922. The summed E-state index contributed by atoms with van der Waals surface area (Å²) in [5.41, 5.74) is -0.819. The third-order valence-electron chi connectivity index (χ3n) is 2.58. The van der Waals surface area contributed by atoms with Crippen LogP contribution in [0.2, 0.25) is 5.02 Å². The second-order valence-corrected chi connectivity index (χ2v) is 5.56. The molecule has 0 N–H and O–H groups in total. The Bertz CT molecular complexity index is 425. The third-order valence-corrected chi connectivity index (χ3v) is 3.60. The summed E-state index contributed by atoms with van der Waals surface area (Å²) in [7, 11) is 0. The molecule has 1 aromatic heterocycles. The largest absolute Gasteiger partial charge is 0.417 e. The van der Waals surface area contributed by atoms with Crippen molar-refractivity contribution in [2.75, 3.05) is 18.0 Å². The van der Waals surface area contributed by atoms with Crippen molar-refractivity contribution in [2.24, 2.45) is 0 Å². The zero-order chi connectivity index (χ0) is 12.6. The molecule has 2 heterocycles. The molecule has 1 saturated heterocycles. The van der Waals surface area contributed by atoms with Crippen LogP contribution in [0.5, 0.6) is 0 Å². The summed E-state index contributed by atoms with van der Waals surface area (Å²) in [5.74, 6) is 0.418. The topological polar surface area (TPSA) is 16.1 Å². The minimum Gasteiger partial charge on any atom is -0.354 e. The van der Waals surface area contributed by atoms with E-state index in [1.165, 1.54) is 0 Å². The molecule has 1 fully saturated rings. The molecule has 0 aliphatic carbocycles. The first kappa shape index (κ1) is 13.0. The number of hydrogen-bond acceptors (Lipinski definition) is 2. The van der Waals surface area contributed by atoms with Gasteiger partial charge in [0.05, 0.1) is 10.6 Å². The Labute approximate surface area is 110 Å². The fourth-order valence-electron chi connectivity index (χ4n) is 1.73. The molecule has 0 amide bonds. The highest BCUT2D eigenvalue weighted by Gasteiger charge is 2.32. The van der Waals surface area contributed by atoms with Gasteiger partial charge in [0.15, 0.2) is 0 Å². The molecule has 0 radical (unpaired) electrons. The van der Waals surface area contributed by atoms with Crippen molar-refractivity contribution in [1.82, 2.24) is 4.98 Å². The quantitative estimate of drug-likeness (QED) is 0.730. The van der Waals surface area contributed by atoms with Crippen LogP contribution in [0.15, 0.2) is 12.3 Å². The van der Waals surface area contributed by atoms with Gasteiger partial charge in [0.2, 0.25) is 0 Å². The van der Waals surface area contributed by atoms with Gasteiger partial charge in [-0.2, -0.15) is 13.2 Å². The number of pyridine rings is 1. The fraction of sp³-hybridized carbons (Fsp3) is 0.500. The fourth-order valence-corrected chi connectivity index (χ4v) is 2.57. The molecule has 2 rings (SSSR count). The van der Waals surface area contributed by atoms with E-state index in [9.17, 15) is 13.2 Å². The second kappa shape index (κ2) is 4.65. The van der Waals surface area contributed by atoms with Crippen LogP contribution in [0.25, 0.3) is 0 Å². The first-order valence-electron chi connectivity index (χ1n) is 4.99. The van der Waals surface area contributed by atoms with E-state index in [4.69, 9.17) is 11.6 Å². The summed E-state index contributed by atoms with van der Waals surface area (Å²) in [4.78, 5) is 6.03. The zero-order valence-electron chi connectivity index (χ0n) is 8.64. The van der Waals surface area contributed by atoms with Crippen molar-refractivity contribution in [3.8, 4) is 0 Å². The van der Waals surface area contributed by atoms with Crippen LogP contribution in [-0.4, -0.2) is 22.9 Å². The van der Waals surface area contributed by atoms with E-state index < -0.39 is 11.7 Å². The molecule has 0 saturated carbocycles. The first-order chi connectivity index (χ1) is 7.88. The van der Waals surface area contributed by atoms with Gasteiger partial charge in [0.25, 0.3) is 0 Å². The van der Waals surface area contributed by atoms with Crippen molar-refractivity contribution in [1.29, 1.82) is 0 Å². The summed E-state index contributed by atoms with van der Waals surface area (Å²) in [6.45, 7) is 1.45. The van der Waals surface area contributed by atoms with E-state index >= 15 is 0 Å². The van der Waals surface area contributed by atoms with E-state index in [2.05, 4.69) is 20.9 Å². The van der Waals surface area contributed by atoms with Crippen molar-refractivity contribution in [2.45, 2.75) is 17.4 Å². The molecule has 0 aromatic carbocycles. The van der Waals surface area contributed by atoms with Crippen molar-refractivity contribution in [3.05, 3.63) is 22.8 Å². The van der Waals surface area contributed by atoms with Gasteiger partial charge in [-0.3, -0.25) is 0 Å². The number of rotatable bonds is 1. The number of alkyl halides is 4. The zero-order valence-corrected chi connectivity index (χ0v) is 11.0. The summed E-state index contributed by atoms with van der Waals surface area (Å²) in [6.07, 6.45) is -2.65. The molecule has 7 heteroatoms. The molecule has 94 valence electrons. The molecule has 0 spiro atoms. The van der Waals surface area contributed by atoms with Crippen LogP contribution in [0.1, 0.15) is 12.0 Å². The maximum absolute atomic E-state index is 12.4. The lowest BCUT2D eigenvalue weighted by atomic mass is 10.2. The maximum Gasteiger partial charge on any atom is 0.417 e. The van der Waals surface area contributed by atoms with Gasteiger partial charge in [-0.25, -0.2) is 4.98 Å². The Hall–Kier alpha value is -0.490. The Morgan fingerprint density at radius 1 is 1.47 bits per heavy atom. The molecule has 17 heavy (non-hydrogen) atoms. The Morgan fingerprint density at radius 3 is 2.65 bits per heavy atom. The van der Waals surface area contributed by atoms with E-state index in [-0.39, 0.29) is 5.02 Å². The lowest BCUT2D eigenvalue weighted by molar-refractivity contribution is -0.137. The summed E-state index contributed by atoms with van der Waals surface area (Å²) in [5, 5.41) is 0.0430. The third kappa shape index (κ3) is 2.85. The van der Waals surface area contributed by atoms with Gasteiger partial charge in [-0.05, 0) is 12.5 Å². The minimum atomic E-state index is -4.40. The number of aromatic nitrogens is 1. The lowest BCUT2D eigenvalue weighted by Gasteiger charge is -2.18. The lowest BCUT2D eigenvalue weighted by Crippen LogP contribution is -2.21. The van der Waals surface area contributed by atoms with E-state index in [0.29, 0.717) is 17.2 Å². The van der Waals surface area contributed by atoms with Crippen LogP contribution >= 0.6 is 27.5 Å². The molecule has 1 atom stereocenters. The Kier molecular flexibility index (Phi) is 3.54. The van der Waals surface area contributed by atoms with Crippen LogP contribution in [-0.2, 0) is 6.18 Å². The van der Waals surface area contributed by atoms with Gasteiger partial charge in [-0.15, -0.1) is 0 Å². The average molecular weight is 330 g/mol. The molecule has 2 nitrogen and oxygen atoms in total. The van der Waals surface area contributed by atoms with Crippen LogP contribution < -0.4 is 4.90 Å². The number of hydrogen-bond donors (Lipinski definition) is 0. The maximum atomic E-state index is 12.4. The van der Waals surface area contributed by atoms with Crippen LogP contribution in [0, 0.1) is 0 Å². The van der Waals surface area contributed by atoms with Crippen LogP contribution in [0.3, 0.4) is 0 Å². The van der Waals surface area contributed by atoms with Gasteiger partial charge >= 0.3 is 6.18 Å². The first-order valence-corrected chi connectivity index (χ1v) is 6.29. The highest BCUT2D eigenvalue weighted by atomic mass is 79.9. The van der Waals surface area contributed by atoms with Gasteiger partial charge in [0, 0.05) is 24.1 Å². The Morgan fingerprint density at radius 2 is 2.18 bits per heavy atom. The molecule has 1 aliphatic heterocycles. The number of anilines is 1. The van der Waals surface area contributed by atoms with Gasteiger partial charge in [0.1, 0.15) is 5.82 Å². The van der Waals surface area contributed by atoms with Gasteiger partial charge < -0.3 is 4.90 Å². The molecule has 1 aliphatic rings. The number of halogens is 5. The van der Waals surface area contributed by atoms with Crippen molar-refractivity contribution < 1.29 is 13.2 Å². The second-order valence-electron chi connectivity index (χ2n) is 3.86. The normalized spacial score (nSPS) is 21.0. The highest BCUT2D eigenvalue weighted by molar-refractivity contribution is 9.09.